The molecule has 4 heteroatoms. The predicted octanol–water partition coefficient (Wildman–Crippen LogP) is 4.97. The molecule has 2 aromatic carbocycles. The molecule has 0 amide bonds. The molecule has 0 N–H and O–H groups in total. The van der Waals surface area contributed by atoms with Gasteiger partial charge in [0.2, 0.25) is 0 Å². The minimum absolute atomic E-state index is 0.436. The van der Waals surface area contributed by atoms with Crippen LogP contribution in [0.4, 0.5) is 5.69 Å². The highest BCUT2D eigenvalue weighted by atomic mass is 35.5. The summed E-state index contributed by atoms with van der Waals surface area (Å²) in [7, 11) is 1.61. The van der Waals surface area contributed by atoms with Crippen molar-refractivity contribution in [3.63, 3.8) is 0 Å². The third-order valence-electron chi connectivity index (χ3n) is 3.06. The van der Waals surface area contributed by atoms with Crippen molar-refractivity contribution >= 4 is 23.5 Å². The molecule has 0 aliphatic heterocycles. The van der Waals surface area contributed by atoms with Crippen LogP contribution in [0.25, 0.3) is 0 Å². The first-order valence-corrected chi connectivity index (χ1v) is 7.24. The zero-order chi connectivity index (χ0) is 15.9. The van der Waals surface area contributed by atoms with E-state index in [0.29, 0.717) is 23.1 Å². The molecular formula is C18H18ClNO2. The van der Waals surface area contributed by atoms with Crippen LogP contribution in [-0.2, 0) is 0 Å². The Hall–Kier alpha value is -2.26. The fourth-order valence-electron chi connectivity index (χ4n) is 1.84. The number of hydrogen-bond donors (Lipinski definition) is 0. The Morgan fingerprint density at radius 2 is 2.00 bits per heavy atom. The number of benzene rings is 2. The van der Waals surface area contributed by atoms with Gasteiger partial charge >= 0.3 is 0 Å². The molecule has 2 rings (SSSR count). The van der Waals surface area contributed by atoms with E-state index in [9.17, 15) is 0 Å². The molecule has 0 heterocycles. The number of methoxy groups -OCH3 is 1. The summed E-state index contributed by atoms with van der Waals surface area (Å²) in [5.41, 5.74) is 2.76. The van der Waals surface area contributed by atoms with Gasteiger partial charge in [-0.3, -0.25) is 4.99 Å². The van der Waals surface area contributed by atoms with Crippen LogP contribution in [0.3, 0.4) is 0 Å². The van der Waals surface area contributed by atoms with E-state index in [-0.39, 0.29) is 0 Å². The number of aryl methyl sites for hydroxylation is 1. The van der Waals surface area contributed by atoms with Gasteiger partial charge in [0, 0.05) is 11.2 Å². The summed E-state index contributed by atoms with van der Waals surface area (Å²) in [4.78, 5) is 4.42. The van der Waals surface area contributed by atoms with E-state index in [1.165, 1.54) is 0 Å². The van der Waals surface area contributed by atoms with Crippen molar-refractivity contribution in [3.05, 3.63) is 65.2 Å². The van der Waals surface area contributed by atoms with Crippen molar-refractivity contribution in [2.24, 2.45) is 4.99 Å². The molecule has 0 radical (unpaired) electrons. The van der Waals surface area contributed by atoms with Gasteiger partial charge in [0.1, 0.15) is 6.61 Å². The summed E-state index contributed by atoms with van der Waals surface area (Å²) < 4.78 is 10.8. The first-order valence-electron chi connectivity index (χ1n) is 6.86. The van der Waals surface area contributed by atoms with E-state index in [1.807, 2.05) is 43.3 Å². The minimum Gasteiger partial charge on any atom is -0.493 e. The van der Waals surface area contributed by atoms with Crippen LogP contribution in [0.2, 0.25) is 5.02 Å². The molecule has 0 aliphatic carbocycles. The fourth-order valence-corrected chi connectivity index (χ4v) is 2.02. The van der Waals surface area contributed by atoms with Crippen LogP contribution in [0.1, 0.15) is 11.1 Å². The average molecular weight is 316 g/mol. The quantitative estimate of drug-likeness (QED) is 0.556. The SMILES string of the molecule is C=CCOc1ccc(C=Nc2ccc(C)c(Cl)c2)cc1OC. The van der Waals surface area contributed by atoms with Gasteiger partial charge in [-0.25, -0.2) is 0 Å². The third-order valence-corrected chi connectivity index (χ3v) is 3.47. The van der Waals surface area contributed by atoms with Gasteiger partial charge in [0.05, 0.1) is 12.8 Å². The standard InChI is InChI=1S/C18H18ClNO2/c1-4-9-22-17-8-6-14(10-18(17)21-3)12-20-15-7-5-13(2)16(19)11-15/h4-8,10-12H,1,9H2,2-3H3. The van der Waals surface area contributed by atoms with Crippen LogP contribution < -0.4 is 9.47 Å². The third kappa shape index (κ3) is 4.12. The van der Waals surface area contributed by atoms with Crippen LogP contribution in [-0.4, -0.2) is 19.9 Å². The lowest BCUT2D eigenvalue weighted by molar-refractivity contribution is 0.326. The molecule has 3 nitrogen and oxygen atoms in total. The summed E-state index contributed by atoms with van der Waals surface area (Å²) in [6.07, 6.45) is 3.46. The van der Waals surface area contributed by atoms with E-state index in [0.717, 1.165) is 16.8 Å². The second-order valence-electron chi connectivity index (χ2n) is 4.70. The van der Waals surface area contributed by atoms with Crippen LogP contribution in [0, 0.1) is 6.92 Å². The molecule has 0 aliphatic rings. The van der Waals surface area contributed by atoms with Gasteiger partial charge in [-0.05, 0) is 48.4 Å². The lowest BCUT2D eigenvalue weighted by Gasteiger charge is -2.09. The van der Waals surface area contributed by atoms with Crippen LogP contribution in [0.5, 0.6) is 11.5 Å². The van der Waals surface area contributed by atoms with E-state index < -0.39 is 0 Å². The van der Waals surface area contributed by atoms with Crippen molar-refractivity contribution < 1.29 is 9.47 Å². The van der Waals surface area contributed by atoms with Gasteiger partial charge in [-0.1, -0.05) is 30.3 Å². The van der Waals surface area contributed by atoms with E-state index in [1.54, 1.807) is 19.4 Å². The summed E-state index contributed by atoms with van der Waals surface area (Å²) in [6.45, 7) is 6.02. The Kier molecular flexibility index (Phi) is 5.61. The minimum atomic E-state index is 0.436. The highest BCUT2D eigenvalue weighted by Crippen LogP contribution is 2.28. The molecule has 0 spiro atoms. The molecule has 0 aromatic heterocycles. The van der Waals surface area contributed by atoms with Gasteiger partial charge in [-0.2, -0.15) is 0 Å². The second kappa shape index (κ2) is 7.66. The smallest absolute Gasteiger partial charge is 0.161 e. The van der Waals surface area contributed by atoms with Crippen molar-refractivity contribution in [1.29, 1.82) is 0 Å². The average Bonchev–Trinajstić information content (AvgIpc) is 2.54. The van der Waals surface area contributed by atoms with Gasteiger partial charge in [-0.15, -0.1) is 0 Å². The van der Waals surface area contributed by atoms with Gasteiger partial charge < -0.3 is 9.47 Å². The molecule has 0 atom stereocenters. The maximum atomic E-state index is 6.09. The highest BCUT2D eigenvalue weighted by molar-refractivity contribution is 6.31. The summed E-state index contributed by atoms with van der Waals surface area (Å²) in [6, 6.07) is 11.4. The molecule has 0 saturated carbocycles. The molecule has 0 bridgehead atoms. The molecule has 0 fully saturated rings. The normalized spacial score (nSPS) is 10.7. The Morgan fingerprint density at radius 3 is 2.68 bits per heavy atom. The number of hydrogen-bond acceptors (Lipinski definition) is 3. The molecular weight excluding hydrogens is 298 g/mol. The zero-order valence-electron chi connectivity index (χ0n) is 12.7. The van der Waals surface area contributed by atoms with E-state index in [2.05, 4.69) is 11.6 Å². The van der Waals surface area contributed by atoms with Crippen molar-refractivity contribution in [1.82, 2.24) is 0 Å². The van der Waals surface area contributed by atoms with E-state index >= 15 is 0 Å². The van der Waals surface area contributed by atoms with Crippen molar-refractivity contribution in [2.75, 3.05) is 13.7 Å². The lowest BCUT2D eigenvalue weighted by atomic mass is 10.2. The maximum Gasteiger partial charge on any atom is 0.161 e. The highest BCUT2D eigenvalue weighted by Gasteiger charge is 2.04. The fraction of sp³-hybridized carbons (Fsp3) is 0.167. The summed E-state index contributed by atoms with van der Waals surface area (Å²) >= 11 is 6.09. The Bertz CT molecular complexity index is 695. The Balaban J connectivity index is 2.19. The number of nitrogens with zero attached hydrogens (tertiary/aromatic N) is 1. The van der Waals surface area contributed by atoms with Crippen LogP contribution >= 0.6 is 11.6 Å². The maximum absolute atomic E-state index is 6.09. The molecule has 0 saturated heterocycles. The predicted molar refractivity (Wildman–Crippen MR) is 92.1 cm³/mol. The Morgan fingerprint density at radius 1 is 1.18 bits per heavy atom. The largest absolute Gasteiger partial charge is 0.493 e. The Labute approximate surface area is 135 Å². The summed E-state index contributed by atoms with van der Waals surface area (Å²) in [5.74, 6) is 1.34. The molecule has 2 aromatic rings. The first-order chi connectivity index (χ1) is 10.6. The molecule has 22 heavy (non-hydrogen) atoms. The van der Waals surface area contributed by atoms with Crippen molar-refractivity contribution in [2.45, 2.75) is 6.92 Å². The van der Waals surface area contributed by atoms with Gasteiger partial charge in [0.25, 0.3) is 0 Å². The topological polar surface area (TPSA) is 30.8 Å². The number of aliphatic imine (C=N–C) groups is 1. The number of rotatable bonds is 6. The monoisotopic (exact) mass is 315 g/mol. The molecule has 114 valence electrons. The molecule has 0 unspecified atom stereocenters. The van der Waals surface area contributed by atoms with Gasteiger partial charge in [0.15, 0.2) is 11.5 Å². The second-order valence-corrected chi connectivity index (χ2v) is 5.11. The zero-order valence-corrected chi connectivity index (χ0v) is 13.4. The summed E-state index contributed by atoms with van der Waals surface area (Å²) in [5, 5.41) is 0.709. The first kappa shape index (κ1) is 16.1. The number of halogens is 1. The lowest BCUT2D eigenvalue weighted by Crippen LogP contribution is -1.97. The van der Waals surface area contributed by atoms with E-state index in [4.69, 9.17) is 21.1 Å². The number of ether oxygens (including phenoxy) is 2. The van der Waals surface area contributed by atoms with Crippen LogP contribution in [0.15, 0.2) is 54.0 Å². The van der Waals surface area contributed by atoms with Crippen molar-refractivity contribution in [3.8, 4) is 11.5 Å².